The molecule has 0 fully saturated rings. The highest BCUT2D eigenvalue weighted by Crippen LogP contribution is 2.42. The van der Waals surface area contributed by atoms with Gasteiger partial charge < -0.3 is 9.13 Å². The second kappa shape index (κ2) is 13.0. The molecule has 56 heavy (non-hydrogen) atoms. The van der Waals surface area contributed by atoms with Crippen LogP contribution >= 0.6 is 0 Å². The van der Waals surface area contributed by atoms with Gasteiger partial charge in [-0.1, -0.05) is 84.9 Å². The average molecular weight is 713 g/mol. The molecule has 258 valence electrons. The second-order valence-corrected chi connectivity index (χ2v) is 13.7. The maximum atomic E-state index is 11.0. The van der Waals surface area contributed by atoms with Gasteiger partial charge in [-0.3, -0.25) is 4.98 Å². The van der Waals surface area contributed by atoms with E-state index in [0.717, 1.165) is 88.4 Å². The molecule has 3 aromatic heterocycles. The minimum absolute atomic E-state index is 0.518. The van der Waals surface area contributed by atoms with Crippen LogP contribution in [0.25, 0.3) is 88.4 Å². The van der Waals surface area contributed by atoms with E-state index in [4.69, 9.17) is 0 Å². The van der Waals surface area contributed by atoms with Crippen LogP contribution in [0.15, 0.2) is 170 Å². The van der Waals surface area contributed by atoms with Crippen molar-refractivity contribution in [1.82, 2.24) is 14.1 Å². The van der Waals surface area contributed by atoms with Crippen molar-refractivity contribution in [2.75, 3.05) is 0 Å². The summed E-state index contributed by atoms with van der Waals surface area (Å²) >= 11 is 0. The lowest BCUT2D eigenvalue weighted by Crippen LogP contribution is -2.04. The van der Waals surface area contributed by atoms with E-state index >= 15 is 0 Å². The number of nitrogens with zero attached hydrogens (tertiary/aromatic N) is 6. The molecule has 0 radical (unpaired) electrons. The number of hydrogen-bond donors (Lipinski definition) is 0. The van der Waals surface area contributed by atoms with E-state index in [-0.39, 0.29) is 0 Å². The monoisotopic (exact) mass is 712 g/mol. The number of fused-ring (bicyclic) bond motifs is 6. The first-order chi connectivity index (χ1) is 27.7. The number of hydrogen-bond acceptors (Lipinski definition) is 4. The number of benzene rings is 7. The Morgan fingerprint density at radius 1 is 0.357 bits per heavy atom. The van der Waals surface area contributed by atoms with E-state index in [1.807, 2.05) is 91.0 Å². The molecule has 0 unspecified atom stereocenters. The largest absolute Gasteiger partial charge is 0.309 e. The van der Waals surface area contributed by atoms with Crippen LogP contribution in [0, 0.1) is 34.0 Å². The zero-order valence-electron chi connectivity index (χ0n) is 29.8. The van der Waals surface area contributed by atoms with Gasteiger partial charge in [0.25, 0.3) is 0 Å². The number of rotatable bonds is 5. The van der Waals surface area contributed by atoms with Crippen molar-refractivity contribution in [3.63, 3.8) is 0 Å². The lowest BCUT2D eigenvalue weighted by atomic mass is 9.98. The maximum absolute atomic E-state index is 11.0. The molecular weight excluding hydrogens is 685 g/mol. The smallest absolute Gasteiger partial charge is 0.101 e. The predicted octanol–water partition coefficient (Wildman–Crippen LogP) is 11.9. The van der Waals surface area contributed by atoms with E-state index < -0.39 is 0 Å². The minimum Gasteiger partial charge on any atom is -0.309 e. The molecule has 0 aliphatic rings. The molecule has 0 spiro atoms. The fourth-order valence-corrected chi connectivity index (χ4v) is 8.26. The summed E-state index contributed by atoms with van der Waals surface area (Å²) in [7, 11) is 0. The Morgan fingerprint density at radius 2 is 0.821 bits per heavy atom. The number of pyridine rings is 1. The average Bonchev–Trinajstić information content (AvgIpc) is 3.78. The summed E-state index contributed by atoms with van der Waals surface area (Å²) in [6.07, 6.45) is 3.59. The molecule has 0 N–H and O–H groups in total. The second-order valence-electron chi connectivity index (χ2n) is 13.7. The molecule has 3 heterocycles. The van der Waals surface area contributed by atoms with Gasteiger partial charge >= 0.3 is 0 Å². The molecule has 0 aliphatic heterocycles. The lowest BCUT2D eigenvalue weighted by molar-refractivity contribution is 1.13. The molecule has 0 saturated heterocycles. The standard InChI is InChI=1S/C50H28N6/c51-29-35-9-1-3-11-38(35)33-17-19-47-43(25-33)40-13-5-7-15-45(40)55(47)49-28-42(32-21-23-54-24-22-32)50(27-37(49)31-53)56-46-16-8-6-14-41(46)44-26-34(18-20-48(44)56)39-12-4-2-10-36(39)30-52/h1-28H. The zero-order chi connectivity index (χ0) is 37.8. The highest BCUT2D eigenvalue weighted by atomic mass is 15.0. The zero-order valence-corrected chi connectivity index (χ0v) is 29.8. The van der Waals surface area contributed by atoms with Gasteiger partial charge in [-0.15, -0.1) is 0 Å². The Labute approximate surface area is 322 Å². The van der Waals surface area contributed by atoms with Gasteiger partial charge in [0, 0.05) is 39.5 Å². The summed E-state index contributed by atoms with van der Waals surface area (Å²) in [6, 6.07) is 60.0. The van der Waals surface area contributed by atoms with Crippen molar-refractivity contribution < 1.29 is 0 Å². The van der Waals surface area contributed by atoms with Gasteiger partial charge in [-0.25, -0.2) is 0 Å². The third-order valence-corrected chi connectivity index (χ3v) is 10.8. The van der Waals surface area contributed by atoms with Crippen molar-refractivity contribution in [3.8, 4) is 63.0 Å². The molecule has 0 amide bonds. The molecule has 10 aromatic rings. The van der Waals surface area contributed by atoms with Crippen LogP contribution < -0.4 is 0 Å². The van der Waals surface area contributed by atoms with E-state index in [1.54, 1.807) is 12.4 Å². The molecule has 0 atom stereocenters. The molecular formula is C50H28N6. The third-order valence-electron chi connectivity index (χ3n) is 10.8. The van der Waals surface area contributed by atoms with Gasteiger partial charge in [0.1, 0.15) is 6.07 Å². The fourth-order valence-electron chi connectivity index (χ4n) is 8.26. The first-order valence-electron chi connectivity index (χ1n) is 18.2. The van der Waals surface area contributed by atoms with Crippen LogP contribution in [0.3, 0.4) is 0 Å². The summed E-state index contributed by atoms with van der Waals surface area (Å²) in [5.74, 6) is 0. The van der Waals surface area contributed by atoms with E-state index in [9.17, 15) is 15.8 Å². The van der Waals surface area contributed by atoms with Crippen LogP contribution in [0.2, 0.25) is 0 Å². The van der Waals surface area contributed by atoms with Crippen molar-refractivity contribution in [2.45, 2.75) is 0 Å². The maximum Gasteiger partial charge on any atom is 0.101 e. The predicted molar refractivity (Wildman–Crippen MR) is 223 cm³/mol. The molecule has 0 saturated carbocycles. The summed E-state index contributed by atoms with van der Waals surface area (Å²) in [5.41, 5.74) is 12.9. The van der Waals surface area contributed by atoms with Gasteiger partial charge in [0.15, 0.2) is 0 Å². The van der Waals surface area contributed by atoms with E-state index in [1.165, 1.54) is 0 Å². The topological polar surface area (TPSA) is 94.1 Å². The molecule has 0 aliphatic carbocycles. The molecule has 6 heteroatoms. The van der Waals surface area contributed by atoms with Crippen LogP contribution in [-0.2, 0) is 0 Å². The summed E-state index contributed by atoms with van der Waals surface area (Å²) in [4.78, 5) is 4.34. The number of nitriles is 3. The Morgan fingerprint density at radius 3 is 1.36 bits per heavy atom. The first kappa shape index (κ1) is 32.4. The van der Waals surface area contributed by atoms with Gasteiger partial charge in [-0.2, -0.15) is 15.8 Å². The Hall–Kier alpha value is -8.24. The molecule has 0 bridgehead atoms. The molecule has 6 nitrogen and oxygen atoms in total. The van der Waals surface area contributed by atoms with Crippen molar-refractivity contribution >= 4 is 43.6 Å². The van der Waals surface area contributed by atoms with Crippen molar-refractivity contribution in [3.05, 3.63) is 187 Å². The van der Waals surface area contributed by atoms with E-state index in [0.29, 0.717) is 16.7 Å². The van der Waals surface area contributed by atoms with Crippen LogP contribution in [0.1, 0.15) is 16.7 Å². The van der Waals surface area contributed by atoms with Gasteiger partial charge in [-0.05, 0) is 101 Å². The summed E-state index contributed by atoms with van der Waals surface area (Å²) in [5, 5.41) is 35.0. The Balaban J connectivity index is 1.26. The lowest BCUT2D eigenvalue weighted by Gasteiger charge is -2.19. The highest BCUT2D eigenvalue weighted by molar-refractivity contribution is 6.12. The fraction of sp³-hybridized carbons (Fsp3) is 0. The molecule has 10 rings (SSSR count). The van der Waals surface area contributed by atoms with Crippen LogP contribution in [-0.4, -0.2) is 14.1 Å². The first-order valence-corrected chi connectivity index (χ1v) is 18.2. The van der Waals surface area contributed by atoms with Crippen molar-refractivity contribution in [2.24, 2.45) is 0 Å². The highest BCUT2D eigenvalue weighted by Gasteiger charge is 2.22. The number of para-hydroxylation sites is 2. The summed E-state index contributed by atoms with van der Waals surface area (Å²) < 4.78 is 4.43. The summed E-state index contributed by atoms with van der Waals surface area (Å²) in [6.45, 7) is 0. The minimum atomic E-state index is 0.518. The Kier molecular flexibility index (Phi) is 7.53. The van der Waals surface area contributed by atoms with Crippen molar-refractivity contribution in [1.29, 1.82) is 15.8 Å². The SMILES string of the molecule is N#Cc1ccccc1-c1ccc2c(c1)c1ccccc1n2-c1cc(-c2ccncc2)c(-n2c3ccccc3c3cc(-c4ccccc4C#N)ccc32)cc1C#N. The molecule has 7 aromatic carbocycles. The van der Waals surface area contributed by atoms with Crippen LogP contribution in [0.4, 0.5) is 0 Å². The van der Waals surface area contributed by atoms with E-state index in [2.05, 4.69) is 99.1 Å². The third kappa shape index (κ3) is 4.97. The Bertz CT molecular complexity index is 3350. The number of aromatic nitrogens is 3. The van der Waals surface area contributed by atoms with Gasteiger partial charge in [0.2, 0.25) is 0 Å². The normalized spacial score (nSPS) is 11.2. The van der Waals surface area contributed by atoms with Crippen LogP contribution in [0.5, 0.6) is 0 Å². The van der Waals surface area contributed by atoms with Gasteiger partial charge in [0.05, 0.1) is 62.3 Å². The quantitative estimate of drug-likeness (QED) is 0.177.